The van der Waals surface area contributed by atoms with E-state index in [0.29, 0.717) is 5.69 Å². The fraction of sp³-hybridized carbons (Fsp3) is 0.0714. The van der Waals surface area contributed by atoms with Gasteiger partial charge in [-0.15, -0.1) is 0 Å². The molecule has 0 amide bonds. The van der Waals surface area contributed by atoms with Gasteiger partial charge >= 0.3 is 5.97 Å². The summed E-state index contributed by atoms with van der Waals surface area (Å²) in [6, 6.07) is 8.13. The van der Waals surface area contributed by atoms with Gasteiger partial charge < -0.3 is 15.8 Å². The van der Waals surface area contributed by atoms with Crippen molar-refractivity contribution in [2.45, 2.75) is 0 Å². The molecule has 0 unspecified atom stereocenters. The normalized spacial score (nSPS) is 10.2. The monoisotopic (exact) mass is 278 g/mol. The highest BCUT2D eigenvalue weighted by molar-refractivity contribution is 5.92. The van der Waals surface area contributed by atoms with Crippen LogP contribution < -0.4 is 11.1 Å². The fourth-order valence-corrected chi connectivity index (χ4v) is 1.67. The molecule has 2 aromatic rings. The maximum absolute atomic E-state index is 13.5. The molecule has 0 aliphatic heterocycles. The van der Waals surface area contributed by atoms with Gasteiger partial charge in [-0.2, -0.15) is 0 Å². The van der Waals surface area contributed by atoms with Crippen LogP contribution in [0.5, 0.6) is 0 Å². The van der Waals surface area contributed by atoms with Crippen molar-refractivity contribution < 1.29 is 18.3 Å². The highest BCUT2D eigenvalue weighted by atomic mass is 19.2. The molecule has 0 aliphatic carbocycles. The van der Waals surface area contributed by atoms with Crippen LogP contribution in [-0.4, -0.2) is 13.1 Å². The van der Waals surface area contributed by atoms with E-state index in [1.807, 2.05) is 0 Å². The molecule has 0 bridgehead atoms. The van der Waals surface area contributed by atoms with E-state index >= 15 is 0 Å². The molecule has 0 fully saturated rings. The molecule has 6 heteroatoms. The van der Waals surface area contributed by atoms with Crippen LogP contribution in [0.3, 0.4) is 0 Å². The summed E-state index contributed by atoms with van der Waals surface area (Å²) in [6.07, 6.45) is 0. The van der Waals surface area contributed by atoms with Crippen LogP contribution in [0, 0.1) is 11.6 Å². The molecule has 0 aliphatic rings. The van der Waals surface area contributed by atoms with Gasteiger partial charge in [0, 0.05) is 0 Å². The zero-order valence-corrected chi connectivity index (χ0v) is 10.6. The number of nitrogens with one attached hydrogen (secondary N) is 1. The molecule has 20 heavy (non-hydrogen) atoms. The number of benzene rings is 2. The first kappa shape index (κ1) is 13.8. The lowest BCUT2D eigenvalue weighted by atomic mass is 10.1. The molecule has 0 saturated heterocycles. The van der Waals surface area contributed by atoms with Gasteiger partial charge in [-0.25, -0.2) is 13.6 Å². The SMILES string of the molecule is COC(=O)c1ccc(Nc2cccc(F)c2F)c(N)c1. The van der Waals surface area contributed by atoms with Crippen molar-refractivity contribution in [3.63, 3.8) is 0 Å². The number of nitrogen functional groups attached to an aromatic ring is 1. The molecule has 104 valence electrons. The third-order valence-electron chi connectivity index (χ3n) is 2.69. The van der Waals surface area contributed by atoms with E-state index in [1.165, 1.54) is 37.4 Å². The number of methoxy groups -OCH3 is 1. The van der Waals surface area contributed by atoms with Crippen LogP contribution in [0.2, 0.25) is 0 Å². The minimum absolute atomic E-state index is 0.0393. The Hall–Kier alpha value is -2.63. The molecular weight excluding hydrogens is 266 g/mol. The third kappa shape index (κ3) is 2.69. The predicted octanol–water partition coefficient (Wildman–Crippen LogP) is 3.08. The first-order valence-electron chi connectivity index (χ1n) is 5.72. The van der Waals surface area contributed by atoms with E-state index in [0.717, 1.165) is 6.07 Å². The average molecular weight is 278 g/mol. The number of rotatable bonds is 3. The van der Waals surface area contributed by atoms with Crippen LogP contribution in [0.25, 0.3) is 0 Å². The van der Waals surface area contributed by atoms with E-state index in [1.54, 1.807) is 0 Å². The summed E-state index contributed by atoms with van der Waals surface area (Å²) in [5.41, 5.74) is 6.58. The Morgan fingerprint density at radius 2 is 1.95 bits per heavy atom. The summed E-state index contributed by atoms with van der Waals surface area (Å²) in [7, 11) is 1.26. The van der Waals surface area contributed by atoms with Crippen molar-refractivity contribution in [2.24, 2.45) is 0 Å². The van der Waals surface area contributed by atoms with Gasteiger partial charge in [0.1, 0.15) is 0 Å². The molecule has 0 aromatic heterocycles. The largest absolute Gasteiger partial charge is 0.465 e. The van der Waals surface area contributed by atoms with Crippen molar-refractivity contribution >= 4 is 23.0 Å². The lowest BCUT2D eigenvalue weighted by Gasteiger charge is -2.11. The quantitative estimate of drug-likeness (QED) is 0.669. The highest BCUT2D eigenvalue weighted by Crippen LogP contribution is 2.26. The number of halogens is 2. The molecule has 2 aromatic carbocycles. The molecule has 0 heterocycles. The number of hydrogen-bond acceptors (Lipinski definition) is 4. The van der Waals surface area contributed by atoms with Gasteiger partial charge in [-0.3, -0.25) is 0 Å². The second-order valence-electron chi connectivity index (χ2n) is 4.02. The summed E-state index contributed by atoms with van der Waals surface area (Å²) in [4.78, 5) is 11.3. The van der Waals surface area contributed by atoms with Crippen LogP contribution in [0.1, 0.15) is 10.4 Å². The Bertz CT molecular complexity index is 660. The number of carbonyl (C=O) groups excluding carboxylic acids is 1. The lowest BCUT2D eigenvalue weighted by molar-refractivity contribution is 0.0601. The molecule has 3 N–H and O–H groups in total. The van der Waals surface area contributed by atoms with E-state index in [2.05, 4.69) is 10.1 Å². The molecule has 0 radical (unpaired) electrons. The third-order valence-corrected chi connectivity index (χ3v) is 2.69. The Kier molecular flexibility index (Phi) is 3.84. The summed E-state index contributed by atoms with van der Waals surface area (Å²) in [5, 5.41) is 2.67. The smallest absolute Gasteiger partial charge is 0.337 e. The van der Waals surface area contributed by atoms with Crippen LogP contribution in [0.4, 0.5) is 25.8 Å². The summed E-state index contributed by atoms with van der Waals surface area (Å²) in [6.45, 7) is 0. The lowest BCUT2D eigenvalue weighted by Crippen LogP contribution is -2.04. The Morgan fingerprint density at radius 1 is 1.20 bits per heavy atom. The topological polar surface area (TPSA) is 64.3 Å². The highest BCUT2D eigenvalue weighted by Gasteiger charge is 2.11. The molecule has 4 nitrogen and oxygen atoms in total. The van der Waals surface area contributed by atoms with E-state index in [-0.39, 0.29) is 16.9 Å². The number of anilines is 3. The number of esters is 1. The maximum Gasteiger partial charge on any atom is 0.337 e. The summed E-state index contributed by atoms with van der Waals surface area (Å²) >= 11 is 0. The summed E-state index contributed by atoms with van der Waals surface area (Å²) in [5.74, 6) is -2.48. The first-order valence-corrected chi connectivity index (χ1v) is 5.72. The van der Waals surface area contributed by atoms with Gasteiger partial charge in [0.15, 0.2) is 11.6 Å². The number of carbonyl (C=O) groups is 1. The van der Waals surface area contributed by atoms with E-state index < -0.39 is 17.6 Å². The number of ether oxygens (including phenoxy) is 1. The molecule has 0 saturated carbocycles. The number of hydrogen-bond donors (Lipinski definition) is 2. The van der Waals surface area contributed by atoms with Gasteiger partial charge in [0.25, 0.3) is 0 Å². The van der Waals surface area contributed by atoms with E-state index in [4.69, 9.17) is 5.73 Å². The van der Waals surface area contributed by atoms with Crippen molar-refractivity contribution in [1.29, 1.82) is 0 Å². The predicted molar refractivity (Wildman–Crippen MR) is 71.8 cm³/mol. The van der Waals surface area contributed by atoms with E-state index in [9.17, 15) is 13.6 Å². The van der Waals surface area contributed by atoms with Crippen LogP contribution >= 0.6 is 0 Å². The van der Waals surface area contributed by atoms with Crippen molar-refractivity contribution in [3.05, 3.63) is 53.6 Å². The van der Waals surface area contributed by atoms with Crippen molar-refractivity contribution in [2.75, 3.05) is 18.2 Å². The van der Waals surface area contributed by atoms with Crippen molar-refractivity contribution in [3.8, 4) is 0 Å². The first-order chi connectivity index (χ1) is 9.52. The Morgan fingerprint density at radius 3 is 2.60 bits per heavy atom. The molecule has 0 atom stereocenters. The average Bonchev–Trinajstić information content (AvgIpc) is 2.45. The van der Waals surface area contributed by atoms with Gasteiger partial charge in [-0.05, 0) is 30.3 Å². The Labute approximate surface area is 114 Å². The van der Waals surface area contributed by atoms with Gasteiger partial charge in [0.2, 0.25) is 0 Å². The molecule has 0 spiro atoms. The zero-order valence-electron chi connectivity index (χ0n) is 10.6. The van der Waals surface area contributed by atoms with Gasteiger partial charge in [-0.1, -0.05) is 6.07 Å². The summed E-state index contributed by atoms with van der Waals surface area (Å²) < 4.78 is 31.2. The maximum atomic E-state index is 13.5. The minimum atomic E-state index is -0.996. The van der Waals surface area contributed by atoms with Crippen molar-refractivity contribution in [1.82, 2.24) is 0 Å². The second-order valence-corrected chi connectivity index (χ2v) is 4.02. The molecule has 2 rings (SSSR count). The fourth-order valence-electron chi connectivity index (χ4n) is 1.67. The standard InChI is InChI=1S/C14H12F2N2O2/c1-20-14(19)8-5-6-11(10(17)7-8)18-12-4-2-3-9(15)13(12)16/h2-7,18H,17H2,1H3. The minimum Gasteiger partial charge on any atom is -0.465 e. The number of nitrogens with two attached hydrogens (primary N) is 1. The molecular formula is C14H12F2N2O2. The van der Waals surface area contributed by atoms with Crippen LogP contribution in [0.15, 0.2) is 36.4 Å². The van der Waals surface area contributed by atoms with Gasteiger partial charge in [0.05, 0.1) is 29.7 Å². The zero-order chi connectivity index (χ0) is 14.7. The second kappa shape index (κ2) is 5.56. The van der Waals surface area contributed by atoms with Crippen LogP contribution in [-0.2, 0) is 4.74 Å². The Balaban J connectivity index is 2.30.